The second-order valence-electron chi connectivity index (χ2n) is 11.4. The molecule has 0 aliphatic rings. The van der Waals surface area contributed by atoms with Gasteiger partial charge in [0.2, 0.25) is 0 Å². The van der Waals surface area contributed by atoms with Gasteiger partial charge in [-0.05, 0) is 12.8 Å². The molecule has 0 bridgehead atoms. The van der Waals surface area contributed by atoms with Crippen LogP contribution in [0.5, 0.6) is 0 Å². The average molecular weight is 826 g/mol. The van der Waals surface area contributed by atoms with Gasteiger partial charge in [0.25, 0.3) is 0 Å². The van der Waals surface area contributed by atoms with Gasteiger partial charge in [0.05, 0.1) is 0 Å². The topological polar surface area (TPSA) is 0 Å². The molecule has 0 nitrogen and oxygen atoms in total. The summed E-state index contributed by atoms with van der Waals surface area (Å²) in [6.07, 6.45) is 2.21. The summed E-state index contributed by atoms with van der Waals surface area (Å²) in [4.78, 5) is 0. The van der Waals surface area contributed by atoms with E-state index in [2.05, 4.69) is 175 Å². The van der Waals surface area contributed by atoms with E-state index >= 15 is 0 Å². The average Bonchev–Trinajstić information content (AvgIpc) is 3.60. The zero-order valence-corrected chi connectivity index (χ0v) is 34.0. The van der Waals surface area contributed by atoms with Crippen LogP contribution in [0, 0.1) is 27.7 Å². The van der Waals surface area contributed by atoms with Crippen molar-refractivity contribution in [2.75, 3.05) is 0 Å². The van der Waals surface area contributed by atoms with Gasteiger partial charge in [-0.2, -0.15) is 0 Å². The molecule has 6 rings (SSSR count). The van der Waals surface area contributed by atoms with Crippen LogP contribution in [0.15, 0.2) is 133 Å². The zero-order chi connectivity index (χ0) is 31.5. The van der Waals surface area contributed by atoms with E-state index in [0.717, 1.165) is 12.8 Å². The second-order valence-corrected chi connectivity index (χ2v) is 18.7. The zero-order valence-electron chi connectivity index (χ0n) is 27.9. The van der Waals surface area contributed by atoms with Gasteiger partial charge in [-0.1, -0.05) is 88.1 Å². The first-order valence-electron chi connectivity index (χ1n) is 15.7. The van der Waals surface area contributed by atoms with Gasteiger partial charge >= 0.3 is 99.5 Å². The number of halogens is 2. The van der Waals surface area contributed by atoms with Crippen LogP contribution in [-0.4, -0.2) is 5.49 Å². The summed E-state index contributed by atoms with van der Waals surface area (Å²) in [6, 6.07) is 48.3. The molecule has 0 N–H and O–H groups in total. The molecule has 6 aromatic carbocycles. The van der Waals surface area contributed by atoms with Gasteiger partial charge in [0, 0.05) is 0 Å². The third-order valence-corrected chi connectivity index (χ3v) is 16.2. The van der Waals surface area contributed by atoms with Crippen LogP contribution in [-0.2, 0) is 35.8 Å². The molecule has 0 saturated carbocycles. The van der Waals surface area contributed by atoms with Gasteiger partial charge in [-0.25, -0.2) is 0 Å². The number of aryl methyl sites for hydroxylation is 6. The Balaban J connectivity index is 0.000000235. The van der Waals surface area contributed by atoms with Crippen LogP contribution in [0.4, 0.5) is 0 Å². The molecule has 0 heterocycles. The maximum atomic E-state index is 2.30. The minimum atomic E-state index is -0.406. The monoisotopic (exact) mass is 826 g/mol. The Morgan fingerprint density at radius 3 is 1.09 bits per heavy atom. The van der Waals surface area contributed by atoms with Crippen LogP contribution in [0.2, 0.25) is 0 Å². The molecule has 0 atom stereocenters. The standard InChI is InChI=1S/2C15H17.C12H10Si.2ClH.Hf/c2*1-4-13-6-5-7-14(10-13)15-11(2)8-9-12(15)3;1-3-7-11(8-4-1)13-12-9-5-2-6-10-12;;;/h2*5-10H,4H2,1-3H3;1-10H;2*1H;/q2*-1;;;;+2/p-2. The molecule has 6 aromatic rings. The molecule has 0 aromatic heterocycles. The van der Waals surface area contributed by atoms with Gasteiger partial charge in [-0.3, -0.25) is 0 Å². The minimum absolute atomic E-state index is 0. The van der Waals surface area contributed by atoms with Crippen molar-refractivity contribution in [3.8, 4) is 22.3 Å². The van der Waals surface area contributed by atoms with Crippen molar-refractivity contribution in [2.24, 2.45) is 0 Å². The molecule has 46 heavy (non-hydrogen) atoms. The number of rotatable bonds is 6. The van der Waals surface area contributed by atoms with E-state index in [0.29, 0.717) is 0 Å². The Morgan fingerprint density at radius 1 is 0.457 bits per heavy atom. The number of hydrogen-bond acceptors (Lipinski definition) is 0. The number of hydrogen-bond donors (Lipinski definition) is 0. The van der Waals surface area contributed by atoms with E-state index in [1.54, 1.807) is 0 Å². The quantitative estimate of drug-likeness (QED) is 0.177. The Bertz CT molecular complexity index is 1610. The third kappa shape index (κ3) is 10.6. The van der Waals surface area contributed by atoms with Crippen LogP contribution >= 0.6 is 0 Å². The van der Waals surface area contributed by atoms with E-state index in [4.69, 9.17) is 0 Å². The molecular formula is C42H44Cl2HfSi-2. The molecule has 0 fully saturated rings. The van der Waals surface area contributed by atoms with Crippen molar-refractivity contribution in [1.82, 2.24) is 0 Å². The summed E-state index contributed by atoms with van der Waals surface area (Å²) in [7, 11) is 0. The summed E-state index contributed by atoms with van der Waals surface area (Å²) < 4.78 is 0. The van der Waals surface area contributed by atoms with Crippen molar-refractivity contribution in [3.05, 3.63) is 167 Å². The Labute approximate surface area is 305 Å². The molecule has 0 radical (unpaired) electrons. The predicted octanol–water partition coefficient (Wildman–Crippen LogP) is 3.85. The molecule has 0 unspecified atom stereocenters. The fourth-order valence-electron chi connectivity index (χ4n) is 5.64. The predicted molar refractivity (Wildman–Crippen MR) is 191 cm³/mol. The first-order valence-corrected chi connectivity index (χ1v) is 22.5. The maximum absolute atomic E-state index is 2.30. The molecule has 0 aliphatic carbocycles. The van der Waals surface area contributed by atoms with E-state index in [1.807, 2.05) is 0 Å². The molecule has 4 heteroatoms. The van der Waals surface area contributed by atoms with Gasteiger partial charge < -0.3 is 24.8 Å². The van der Waals surface area contributed by atoms with Gasteiger partial charge in [0.15, 0.2) is 0 Å². The number of benzene rings is 4. The van der Waals surface area contributed by atoms with Crippen molar-refractivity contribution in [1.29, 1.82) is 0 Å². The van der Waals surface area contributed by atoms with Crippen LogP contribution in [0.3, 0.4) is 0 Å². The van der Waals surface area contributed by atoms with Crippen LogP contribution < -0.4 is 35.2 Å². The Kier molecular flexibility index (Phi) is 17.0. The normalized spacial score (nSPS) is 9.91. The Morgan fingerprint density at radius 2 is 0.783 bits per heavy atom. The molecule has 236 valence electrons. The van der Waals surface area contributed by atoms with Crippen molar-refractivity contribution in [3.63, 3.8) is 0 Å². The van der Waals surface area contributed by atoms with Crippen LogP contribution in [0.25, 0.3) is 22.3 Å². The molecular weight excluding hydrogens is 782 g/mol. The van der Waals surface area contributed by atoms with Gasteiger partial charge in [-0.15, -0.1) is 81.9 Å². The van der Waals surface area contributed by atoms with E-state index in [1.165, 1.54) is 89.0 Å². The van der Waals surface area contributed by atoms with E-state index < -0.39 is 5.49 Å². The van der Waals surface area contributed by atoms with E-state index in [9.17, 15) is 0 Å². The second kappa shape index (κ2) is 19.8. The fourth-order valence-corrected chi connectivity index (χ4v) is 10.6. The molecule has 0 aliphatic heterocycles. The van der Waals surface area contributed by atoms with Crippen molar-refractivity contribution < 1.29 is 47.8 Å². The van der Waals surface area contributed by atoms with E-state index in [-0.39, 0.29) is 24.8 Å². The van der Waals surface area contributed by atoms with Crippen molar-refractivity contribution >= 4 is 15.9 Å². The third-order valence-electron chi connectivity index (χ3n) is 8.12. The Hall–Kier alpha value is -2.75. The molecule has 0 spiro atoms. The molecule has 0 amide bonds. The molecule has 0 saturated heterocycles. The summed E-state index contributed by atoms with van der Waals surface area (Å²) in [6.45, 7) is 13.1. The SMILES string of the molecule is CCc1cccc(-[c-]2c(C)ccc2C)c1.CCc1cccc(-[c-]2c(C)ccc2C)c1.[Cl-].[Cl-].[Hf+2]=[Si](c1ccccc1)c1ccccc1. The first kappa shape index (κ1) is 39.4. The fraction of sp³-hybridized carbons (Fsp3) is 0.190. The summed E-state index contributed by atoms with van der Waals surface area (Å²) in [5, 5.41) is 3.07. The summed E-state index contributed by atoms with van der Waals surface area (Å²) in [5.41, 5.74) is 13.4. The summed E-state index contributed by atoms with van der Waals surface area (Å²) in [5.74, 6) is 0. The van der Waals surface area contributed by atoms with Crippen molar-refractivity contribution in [2.45, 2.75) is 54.4 Å². The van der Waals surface area contributed by atoms with Gasteiger partial charge in [0.1, 0.15) is 0 Å². The first-order chi connectivity index (χ1) is 21.3. The van der Waals surface area contributed by atoms with Crippen LogP contribution in [0.1, 0.15) is 47.2 Å². The summed E-state index contributed by atoms with van der Waals surface area (Å²) >= 11 is 1.27.